The van der Waals surface area contributed by atoms with Gasteiger partial charge in [0.25, 0.3) is 5.91 Å². The molecule has 2 atom stereocenters. The molecular formula is C26H31F2N7O4. The maximum absolute atomic E-state index is 13.9. The molecule has 4 heterocycles. The fourth-order valence-corrected chi connectivity index (χ4v) is 5.64. The van der Waals surface area contributed by atoms with Crippen molar-refractivity contribution < 1.29 is 28.3 Å². The van der Waals surface area contributed by atoms with E-state index in [1.165, 1.54) is 10.7 Å². The molecule has 208 valence electrons. The van der Waals surface area contributed by atoms with Crippen LogP contribution >= 0.6 is 0 Å². The lowest BCUT2D eigenvalue weighted by Gasteiger charge is -2.33. The maximum Gasteiger partial charge on any atom is 0.319 e. The highest BCUT2D eigenvalue weighted by Gasteiger charge is 2.48. The number of aryl methyl sites for hydroxylation is 1. The second-order valence-electron chi connectivity index (χ2n) is 10.4. The smallest absolute Gasteiger partial charge is 0.319 e. The Hall–Kier alpha value is -3.90. The van der Waals surface area contributed by atoms with Crippen LogP contribution in [0, 0.1) is 11.3 Å². The van der Waals surface area contributed by atoms with Crippen molar-refractivity contribution in [2.75, 3.05) is 6.54 Å². The normalized spacial score (nSPS) is 22.4. The molecule has 3 N–H and O–H groups in total. The summed E-state index contributed by atoms with van der Waals surface area (Å²) in [5.41, 5.74) is 0.0709. The predicted octanol–water partition coefficient (Wildman–Crippen LogP) is 2.77. The Morgan fingerprint density at radius 2 is 2.00 bits per heavy atom. The fraction of sp³-hybridized carbons (Fsp3) is 0.538. The van der Waals surface area contributed by atoms with Gasteiger partial charge in [-0.05, 0) is 56.7 Å². The van der Waals surface area contributed by atoms with E-state index in [9.17, 15) is 28.3 Å². The van der Waals surface area contributed by atoms with Gasteiger partial charge < -0.3 is 15.7 Å². The zero-order valence-electron chi connectivity index (χ0n) is 21.6. The maximum atomic E-state index is 13.9. The number of nitrogens with zero attached hydrogens (tertiary/aromatic N) is 5. The van der Waals surface area contributed by atoms with E-state index in [1.54, 1.807) is 29.1 Å². The molecule has 3 aromatic rings. The zero-order chi connectivity index (χ0) is 27.8. The lowest BCUT2D eigenvalue weighted by Crippen LogP contribution is -2.52. The number of carboxylic acid groups (broad SMARTS) is 1. The van der Waals surface area contributed by atoms with E-state index < -0.39 is 29.3 Å². The van der Waals surface area contributed by atoms with Crippen LogP contribution in [0.5, 0.6) is 0 Å². The van der Waals surface area contributed by atoms with Gasteiger partial charge in [0.2, 0.25) is 11.8 Å². The molecule has 2 unspecified atom stereocenters. The number of imidazole rings is 1. The highest BCUT2D eigenvalue weighted by molar-refractivity contribution is 6.02. The molecule has 0 aromatic carbocycles. The van der Waals surface area contributed by atoms with Crippen LogP contribution in [0.2, 0.25) is 0 Å². The summed E-state index contributed by atoms with van der Waals surface area (Å²) in [5.74, 6) is -5.10. The number of hydrogen-bond acceptors (Lipinski definition) is 6. The molecule has 1 aliphatic heterocycles. The third-order valence-electron chi connectivity index (χ3n) is 7.87. The first kappa shape index (κ1) is 26.7. The minimum absolute atomic E-state index is 0.0868. The van der Waals surface area contributed by atoms with Crippen LogP contribution < -0.4 is 10.6 Å². The molecule has 2 aliphatic rings. The quantitative estimate of drug-likeness (QED) is 0.371. The Morgan fingerprint density at radius 3 is 2.69 bits per heavy atom. The molecule has 39 heavy (non-hydrogen) atoms. The Balaban J connectivity index is 1.45. The minimum atomic E-state index is -2.73. The molecule has 13 heteroatoms. The van der Waals surface area contributed by atoms with Gasteiger partial charge in [-0.2, -0.15) is 10.2 Å². The van der Waals surface area contributed by atoms with E-state index in [-0.39, 0.29) is 50.4 Å². The van der Waals surface area contributed by atoms with E-state index in [0.29, 0.717) is 42.2 Å². The standard InChI is InChI=1S/C26H31F2N7O4/c1-2-34-19(8-13-30-34)22(36)32-21(16-6-10-26(27,28)11-7-16)18-15-35-20(31-18)5-4-17(33-35)14-25(24(38)39)9-3-12-29-23(25)37/h4-5,8,13,15-16,21H,2-3,6-7,9-12,14H2,1H3,(H,29,37)(H,32,36)(H,38,39). The Kier molecular flexibility index (Phi) is 7.08. The third kappa shape index (κ3) is 5.21. The van der Waals surface area contributed by atoms with E-state index >= 15 is 0 Å². The van der Waals surface area contributed by atoms with Gasteiger partial charge in [0.15, 0.2) is 11.1 Å². The van der Waals surface area contributed by atoms with Crippen molar-refractivity contribution in [1.82, 2.24) is 35.0 Å². The van der Waals surface area contributed by atoms with E-state index in [0.717, 1.165) is 0 Å². The van der Waals surface area contributed by atoms with Gasteiger partial charge in [0.05, 0.1) is 23.6 Å². The average Bonchev–Trinajstić information content (AvgIpc) is 3.55. The first-order valence-electron chi connectivity index (χ1n) is 13.2. The molecule has 2 amide bonds. The number of carbonyl (C=O) groups is 3. The van der Waals surface area contributed by atoms with Crippen molar-refractivity contribution in [1.29, 1.82) is 0 Å². The fourth-order valence-electron chi connectivity index (χ4n) is 5.64. The van der Waals surface area contributed by atoms with Crippen LogP contribution in [0.15, 0.2) is 30.6 Å². The van der Waals surface area contributed by atoms with Gasteiger partial charge in [-0.15, -0.1) is 0 Å². The summed E-state index contributed by atoms with van der Waals surface area (Å²) in [6.07, 6.45) is 3.71. The van der Waals surface area contributed by atoms with Gasteiger partial charge in [-0.3, -0.25) is 19.1 Å². The molecule has 0 spiro atoms. The number of carbonyl (C=O) groups excluding carboxylic acids is 2. The number of hydrogen-bond donors (Lipinski definition) is 3. The number of halogens is 2. The number of amides is 2. The molecule has 0 bridgehead atoms. The Labute approximate surface area is 223 Å². The SMILES string of the molecule is CCn1nccc1C(=O)NC(c1cn2nc(CC3(C(=O)O)CCCNC3=O)ccc2n1)C1CCC(F)(F)CC1. The van der Waals surface area contributed by atoms with Crippen molar-refractivity contribution in [3.05, 3.63) is 47.7 Å². The van der Waals surface area contributed by atoms with Crippen molar-refractivity contribution in [2.24, 2.45) is 11.3 Å². The highest BCUT2D eigenvalue weighted by Crippen LogP contribution is 2.41. The number of aromatic nitrogens is 5. The number of carboxylic acids is 1. The third-order valence-corrected chi connectivity index (χ3v) is 7.87. The Morgan fingerprint density at radius 1 is 1.23 bits per heavy atom. The van der Waals surface area contributed by atoms with Crippen molar-refractivity contribution in [3.8, 4) is 0 Å². The molecule has 11 nitrogen and oxygen atoms in total. The molecule has 5 rings (SSSR count). The first-order chi connectivity index (χ1) is 18.6. The predicted molar refractivity (Wildman–Crippen MR) is 134 cm³/mol. The first-order valence-corrected chi connectivity index (χ1v) is 13.2. The molecule has 3 aromatic heterocycles. The molecule has 1 aliphatic carbocycles. The summed E-state index contributed by atoms with van der Waals surface area (Å²) in [5, 5.41) is 24.2. The number of fused-ring (bicyclic) bond motifs is 1. The summed E-state index contributed by atoms with van der Waals surface area (Å²) in [6, 6.07) is 4.26. The Bertz CT molecular complexity index is 1390. The van der Waals surface area contributed by atoms with Crippen LogP contribution in [0.3, 0.4) is 0 Å². The van der Waals surface area contributed by atoms with Gasteiger partial charge in [-0.1, -0.05) is 0 Å². The second-order valence-corrected chi connectivity index (χ2v) is 10.4. The topological polar surface area (TPSA) is 144 Å². The lowest BCUT2D eigenvalue weighted by atomic mass is 9.76. The van der Waals surface area contributed by atoms with Crippen molar-refractivity contribution in [2.45, 2.75) is 70.4 Å². The number of piperidine rings is 1. The van der Waals surface area contributed by atoms with Crippen LogP contribution in [0.25, 0.3) is 5.65 Å². The summed E-state index contributed by atoms with van der Waals surface area (Å²) in [6.45, 7) is 2.79. The zero-order valence-corrected chi connectivity index (χ0v) is 21.6. The molecule has 1 saturated heterocycles. The van der Waals surface area contributed by atoms with Crippen molar-refractivity contribution in [3.63, 3.8) is 0 Å². The highest BCUT2D eigenvalue weighted by atomic mass is 19.3. The van der Waals surface area contributed by atoms with Gasteiger partial charge in [0, 0.05) is 38.5 Å². The van der Waals surface area contributed by atoms with Crippen LogP contribution in [-0.4, -0.2) is 59.7 Å². The molecule has 1 saturated carbocycles. The summed E-state index contributed by atoms with van der Waals surface area (Å²) < 4.78 is 30.9. The molecular weight excluding hydrogens is 512 g/mol. The van der Waals surface area contributed by atoms with Crippen LogP contribution in [0.1, 0.15) is 73.4 Å². The number of alkyl halides is 2. The van der Waals surface area contributed by atoms with Gasteiger partial charge in [0.1, 0.15) is 5.69 Å². The lowest BCUT2D eigenvalue weighted by molar-refractivity contribution is -0.158. The van der Waals surface area contributed by atoms with Crippen LogP contribution in [-0.2, 0) is 22.6 Å². The van der Waals surface area contributed by atoms with E-state index in [4.69, 9.17) is 0 Å². The molecule has 0 radical (unpaired) electrons. The van der Waals surface area contributed by atoms with Crippen LogP contribution in [0.4, 0.5) is 8.78 Å². The van der Waals surface area contributed by atoms with Gasteiger partial charge >= 0.3 is 5.97 Å². The number of aliphatic carboxylic acids is 1. The summed E-state index contributed by atoms with van der Waals surface area (Å²) >= 11 is 0. The second kappa shape index (κ2) is 10.3. The monoisotopic (exact) mass is 543 g/mol. The van der Waals surface area contributed by atoms with E-state index in [2.05, 4.69) is 25.8 Å². The number of nitrogens with one attached hydrogen (secondary N) is 2. The molecule has 2 fully saturated rings. The number of rotatable bonds is 8. The minimum Gasteiger partial charge on any atom is -0.480 e. The summed E-state index contributed by atoms with van der Waals surface area (Å²) in [4.78, 5) is 42.5. The van der Waals surface area contributed by atoms with Gasteiger partial charge in [-0.25, -0.2) is 18.3 Å². The summed E-state index contributed by atoms with van der Waals surface area (Å²) in [7, 11) is 0. The van der Waals surface area contributed by atoms with Crippen molar-refractivity contribution >= 4 is 23.4 Å². The average molecular weight is 544 g/mol. The largest absolute Gasteiger partial charge is 0.480 e. The van der Waals surface area contributed by atoms with E-state index in [1.807, 2.05) is 6.92 Å².